The van der Waals surface area contributed by atoms with Gasteiger partial charge in [-0.15, -0.1) is 0 Å². The predicted molar refractivity (Wildman–Crippen MR) is 107 cm³/mol. The molecule has 1 aromatic rings. The Bertz CT molecular complexity index is 618. The Morgan fingerprint density at radius 2 is 1.82 bits per heavy atom. The van der Waals surface area contributed by atoms with E-state index in [1.165, 1.54) is 0 Å². The van der Waals surface area contributed by atoms with Gasteiger partial charge in [0.25, 0.3) is 0 Å². The molecule has 1 aliphatic rings. The van der Waals surface area contributed by atoms with Crippen molar-refractivity contribution >= 4 is 36.6 Å². The SMILES string of the molecule is NC(CCCCB(O)O)C1CCN(C(=O)Nc2ccc(Cl)cc2)CC1.O=C=O. The van der Waals surface area contributed by atoms with E-state index in [2.05, 4.69) is 5.32 Å². The molecular weight excluding hydrogens is 384 g/mol. The molecule has 0 radical (unpaired) electrons. The number of likely N-dealkylation sites (tertiary alicyclic amines) is 1. The fourth-order valence-electron chi connectivity index (χ4n) is 3.21. The van der Waals surface area contributed by atoms with Gasteiger partial charge in [-0.25, -0.2) is 4.79 Å². The van der Waals surface area contributed by atoms with Gasteiger partial charge in [-0.2, -0.15) is 9.59 Å². The van der Waals surface area contributed by atoms with E-state index in [9.17, 15) is 4.79 Å². The molecular formula is C18H27BClN3O5. The highest BCUT2D eigenvalue weighted by atomic mass is 35.5. The quantitative estimate of drug-likeness (QED) is 0.400. The van der Waals surface area contributed by atoms with Crippen LogP contribution in [0.25, 0.3) is 0 Å². The number of nitrogens with zero attached hydrogens (tertiary/aromatic N) is 1. The average molecular weight is 412 g/mol. The first-order chi connectivity index (χ1) is 13.4. The number of amides is 2. The summed E-state index contributed by atoms with van der Waals surface area (Å²) in [6.45, 7) is 1.40. The normalized spacial score (nSPS) is 15.1. The van der Waals surface area contributed by atoms with Crippen molar-refractivity contribution in [3.63, 3.8) is 0 Å². The number of carbonyl (C=O) groups excluding carboxylic acids is 3. The average Bonchev–Trinajstić information content (AvgIpc) is 2.67. The minimum absolute atomic E-state index is 0.0914. The van der Waals surface area contributed by atoms with Gasteiger partial charge >= 0.3 is 19.3 Å². The van der Waals surface area contributed by atoms with Crippen LogP contribution in [-0.4, -0.2) is 53.4 Å². The van der Waals surface area contributed by atoms with Crippen molar-refractivity contribution in [2.24, 2.45) is 11.7 Å². The van der Waals surface area contributed by atoms with Gasteiger partial charge in [0.15, 0.2) is 0 Å². The first kappa shape index (κ1) is 24.1. The minimum atomic E-state index is -1.22. The topological polar surface area (TPSA) is 133 Å². The van der Waals surface area contributed by atoms with Crippen molar-refractivity contribution in [3.05, 3.63) is 29.3 Å². The van der Waals surface area contributed by atoms with Crippen LogP contribution < -0.4 is 11.1 Å². The van der Waals surface area contributed by atoms with E-state index < -0.39 is 7.12 Å². The molecule has 2 rings (SSSR count). The Hall–Kier alpha value is -1.90. The summed E-state index contributed by atoms with van der Waals surface area (Å²) < 4.78 is 0. The second-order valence-electron chi connectivity index (χ2n) is 6.77. The van der Waals surface area contributed by atoms with Crippen LogP contribution in [0, 0.1) is 5.92 Å². The monoisotopic (exact) mass is 411 g/mol. The first-order valence-corrected chi connectivity index (χ1v) is 9.67. The van der Waals surface area contributed by atoms with E-state index in [0.29, 0.717) is 30.4 Å². The molecule has 1 saturated heterocycles. The summed E-state index contributed by atoms with van der Waals surface area (Å²) in [5.41, 5.74) is 7.00. The molecule has 0 aliphatic carbocycles. The molecule has 1 aliphatic heterocycles. The number of hydrogen-bond donors (Lipinski definition) is 4. The first-order valence-electron chi connectivity index (χ1n) is 9.29. The van der Waals surface area contributed by atoms with Crippen molar-refractivity contribution in [1.82, 2.24) is 4.90 Å². The largest absolute Gasteiger partial charge is 0.451 e. The molecule has 1 atom stereocenters. The van der Waals surface area contributed by atoms with E-state index in [-0.39, 0.29) is 18.2 Å². The molecule has 0 saturated carbocycles. The van der Waals surface area contributed by atoms with Gasteiger partial charge < -0.3 is 26.0 Å². The lowest BCUT2D eigenvalue weighted by Gasteiger charge is -2.34. The minimum Gasteiger partial charge on any atom is -0.427 e. The van der Waals surface area contributed by atoms with Gasteiger partial charge in [0.05, 0.1) is 0 Å². The third-order valence-corrected chi connectivity index (χ3v) is 5.03. The van der Waals surface area contributed by atoms with E-state index in [0.717, 1.165) is 37.8 Å². The number of unbranched alkanes of at least 4 members (excludes halogenated alkanes) is 1. The Morgan fingerprint density at radius 3 is 2.36 bits per heavy atom. The number of piperidine rings is 1. The molecule has 10 heteroatoms. The standard InChI is InChI=1S/C17H27BClN3O3.CO2/c19-14-4-6-15(7-5-14)21-17(23)22-11-8-13(9-12-22)16(20)3-1-2-10-18(24)25;2-1-3/h4-7,13,16,24-25H,1-3,8-12,20H2,(H,21,23);. The lowest BCUT2D eigenvalue weighted by molar-refractivity contribution is -0.191. The summed E-state index contributed by atoms with van der Waals surface area (Å²) in [6.07, 6.45) is 5.00. The molecule has 1 aromatic carbocycles. The molecule has 5 N–H and O–H groups in total. The number of benzene rings is 1. The highest BCUT2D eigenvalue weighted by Gasteiger charge is 2.26. The van der Waals surface area contributed by atoms with Gasteiger partial charge in [0.1, 0.15) is 0 Å². The van der Waals surface area contributed by atoms with Crippen molar-refractivity contribution in [2.75, 3.05) is 18.4 Å². The zero-order chi connectivity index (χ0) is 20.9. The van der Waals surface area contributed by atoms with E-state index >= 15 is 0 Å². The van der Waals surface area contributed by atoms with Crippen molar-refractivity contribution in [1.29, 1.82) is 0 Å². The Morgan fingerprint density at radius 1 is 1.25 bits per heavy atom. The number of anilines is 1. The highest BCUT2D eigenvalue weighted by Crippen LogP contribution is 2.23. The third kappa shape index (κ3) is 9.35. The van der Waals surface area contributed by atoms with Crippen LogP contribution in [0.15, 0.2) is 24.3 Å². The molecule has 0 spiro atoms. The predicted octanol–water partition coefficient (Wildman–Crippen LogP) is 1.97. The van der Waals surface area contributed by atoms with Crippen LogP contribution in [0.5, 0.6) is 0 Å². The van der Waals surface area contributed by atoms with E-state index in [1.54, 1.807) is 24.3 Å². The van der Waals surface area contributed by atoms with Gasteiger partial charge in [-0.05, 0) is 55.8 Å². The molecule has 28 heavy (non-hydrogen) atoms. The number of urea groups is 1. The van der Waals surface area contributed by atoms with Gasteiger partial charge in [0, 0.05) is 29.8 Å². The summed E-state index contributed by atoms with van der Waals surface area (Å²) >= 11 is 5.84. The summed E-state index contributed by atoms with van der Waals surface area (Å²) in [5.74, 6) is 0.415. The number of nitrogens with two attached hydrogens (primary N) is 1. The zero-order valence-corrected chi connectivity index (χ0v) is 16.5. The van der Waals surface area contributed by atoms with Gasteiger partial charge in [0.2, 0.25) is 0 Å². The number of rotatable bonds is 7. The third-order valence-electron chi connectivity index (χ3n) is 4.78. The fraction of sp³-hybridized carbons (Fsp3) is 0.556. The van der Waals surface area contributed by atoms with E-state index in [4.69, 9.17) is 37.0 Å². The maximum Gasteiger partial charge on any atom is 0.451 e. The van der Waals surface area contributed by atoms with Crippen LogP contribution >= 0.6 is 11.6 Å². The molecule has 1 fully saturated rings. The molecule has 0 bridgehead atoms. The van der Waals surface area contributed by atoms with Crippen LogP contribution in [0.4, 0.5) is 10.5 Å². The van der Waals surface area contributed by atoms with Crippen LogP contribution in [0.3, 0.4) is 0 Å². The zero-order valence-electron chi connectivity index (χ0n) is 15.7. The molecule has 154 valence electrons. The van der Waals surface area contributed by atoms with Crippen molar-refractivity contribution in [3.8, 4) is 0 Å². The van der Waals surface area contributed by atoms with Crippen LogP contribution in [0.1, 0.15) is 32.1 Å². The molecule has 2 amide bonds. The Balaban J connectivity index is 0.00000122. The lowest BCUT2D eigenvalue weighted by Crippen LogP contribution is -2.45. The van der Waals surface area contributed by atoms with Crippen molar-refractivity contribution < 1.29 is 24.4 Å². The number of carbonyl (C=O) groups is 1. The van der Waals surface area contributed by atoms with Gasteiger partial charge in [-0.3, -0.25) is 0 Å². The smallest absolute Gasteiger partial charge is 0.427 e. The van der Waals surface area contributed by atoms with Crippen LogP contribution in [-0.2, 0) is 9.59 Å². The number of halogens is 1. The summed E-state index contributed by atoms with van der Waals surface area (Å²) in [4.78, 5) is 30.4. The van der Waals surface area contributed by atoms with Crippen molar-refractivity contribution in [2.45, 2.75) is 44.5 Å². The number of hydrogen-bond acceptors (Lipinski definition) is 6. The maximum atomic E-state index is 12.3. The molecule has 8 nitrogen and oxygen atoms in total. The number of nitrogens with one attached hydrogen (secondary N) is 1. The Labute approximate surface area is 170 Å². The Kier molecular flexibility index (Phi) is 11.5. The fourth-order valence-corrected chi connectivity index (χ4v) is 3.34. The maximum absolute atomic E-state index is 12.3. The summed E-state index contributed by atoms with van der Waals surface area (Å²) in [6, 6.07) is 7.08. The second-order valence-corrected chi connectivity index (χ2v) is 7.21. The summed E-state index contributed by atoms with van der Waals surface area (Å²) in [5, 5.41) is 21.2. The van der Waals surface area contributed by atoms with Gasteiger partial charge in [-0.1, -0.05) is 24.4 Å². The summed E-state index contributed by atoms with van der Waals surface area (Å²) in [7, 11) is -1.22. The van der Waals surface area contributed by atoms with E-state index in [1.807, 2.05) is 4.90 Å². The molecule has 1 unspecified atom stereocenters. The molecule has 0 aromatic heterocycles. The lowest BCUT2D eigenvalue weighted by atomic mass is 9.82. The second kappa shape index (κ2) is 13.3. The van der Waals surface area contributed by atoms with Crippen LogP contribution in [0.2, 0.25) is 11.3 Å². The highest BCUT2D eigenvalue weighted by molar-refractivity contribution is 6.40. The molecule has 1 heterocycles.